The van der Waals surface area contributed by atoms with E-state index in [1.54, 1.807) is 54.4 Å². The average Bonchev–Trinajstić information content (AvgIpc) is 2.87. The number of hydrogen-bond acceptors (Lipinski definition) is 6. The number of carbonyl (C=O) groups excluding carboxylic acids is 3. The molecule has 0 bridgehead atoms. The molecule has 9 heteroatoms. The second-order valence-corrected chi connectivity index (χ2v) is 7.97. The number of rotatable bonds is 8. The lowest BCUT2D eigenvalue weighted by Gasteiger charge is -2.35. The topological polar surface area (TPSA) is 97.4 Å². The van der Waals surface area contributed by atoms with E-state index in [1.807, 2.05) is 12.1 Å². The molecule has 0 aliphatic carbocycles. The lowest BCUT2D eigenvalue weighted by molar-refractivity contribution is -0.133. The maximum absolute atomic E-state index is 13.0. The van der Waals surface area contributed by atoms with E-state index < -0.39 is 6.04 Å². The van der Waals surface area contributed by atoms with Gasteiger partial charge in [0.25, 0.3) is 5.91 Å². The van der Waals surface area contributed by atoms with Crippen LogP contribution >= 0.6 is 0 Å². The number of carbonyl (C=O) groups is 3. The van der Waals surface area contributed by atoms with Crippen molar-refractivity contribution in [3.63, 3.8) is 0 Å². The van der Waals surface area contributed by atoms with Gasteiger partial charge in [-0.1, -0.05) is 12.1 Å². The third kappa shape index (κ3) is 5.98. The predicted octanol–water partition coefficient (Wildman–Crippen LogP) is 2.26. The Labute approximate surface area is 199 Å². The Morgan fingerprint density at radius 2 is 1.44 bits per heavy atom. The van der Waals surface area contributed by atoms with Crippen molar-refractivity contribution < 1.29 is 28.6 Å². The molecular weight excluding hydrogens is 438 g/mol. The summed E-state index contributed by atoms with van der Waals surface area (Å²) in [5, 5.41) is 2.86. The minimum absolute atomic E-state index is 0.0799. The average molecular weight is 470 g/mol. The molecule has 0 aromatic heterocycles. The highest BCUT2D eigenvalue weighted by Crippen LogP contribution is 2.26. The van der Waals surface area contributed by atoms with Gasteiger partial charge in [-0.25, -0.2) is 0 Å². The monoisotopic (exact) mass is 469 g/mol. The van der Waals surface area contributed by atoms with Crippen molar-refractivity contribution in [2.24, 2.45) is 0 Å². The molecule has 2 aromatic rings. The van der Waals surface area contributed by atoms with Crippen LogP contribution in [0.2, 0.25) is 0 Å². The smallest absolute Gasteiger partial charge is 0.257 e. The van der Waals surface area contributed by atoms with Gasteiger partial charge in [-0.3, -0.25) is 14.4 Å². The first-order chi connectivity index (χ1) is 16.4. The van der Waals surface area contributed by atoms with Gasteiger partial charge in [-0.05, 0) is 29.8 Å². The summed E-state index contributed by atoms with van der Waals surface area (Å²) in [5.74, 6) is 1.31. The summed E-state index contributed by atoms with van der Waals surface area (Å²) in [4.78, 5) is 41.2. The van der Waals surface area contributed by atoms with Gasteiger partial charge in [0.1, 0.15) is 17.2 Å². The number of methoxy groups -OCH3 is 3. The number of hydrogen-bond donors (Lipinski definition) is 1. The van der Waals surface area contributed by atoms with Gasteiger partial charge in [0.15, 0.2) is 0 Å². The van der Waals surface area contributed by atoms with Gasteiger partial charge in [0.2, 0.25) is 11.8 Å². The van der Waals surface area contributed by atoms with Crippen molar-refractivity contribution in [2.45, 2.75) is 19.4 Å². The molecular formula is C25H31N3O6. The summed E-state index contributed by atoms with van der Waals surface area (Å²) in [6, 6.07) is 11.9. The number of piperazine rings is 1. The molecule has 9 nitrogen and oxygen atoms in total. The van der Waals surface area contributed by atoms with Gasteiger partial charge in [-0.15, -0.1) is 0 Å². The van der Waals surface area contributed by atoms with Crippen LogP contribution in [0.1, 0.15) is 35.3 Å². The Kier molecular flexibility index (Phi) is 8.34. The van der Waals surface area contributed by atoms with Gasteiger partial charge < -0.3 is 29.3 Å². The first-order valence-corrected chi connectivity index (χ1v) is 11.1. The first-order valence-electron chi connectivity index (χ1n) is 11.1. The zero-order valence-corrected chi connectivity index (χ0v) is 20.0. The Hall–Kier alpha value is -3.75. The Morgan fingerprint density at radius 1 is 0.853 bits per heavy atom. The van der Waals surface area contributed by atoms with E-state index in [2.05, 4.69) is 5.32 Å². The van der Waals surface area contributed by atoms with Crippen LogP contribution in [0.15, 0.2) is 42.5 Å². The van der Waals surface area contributed by atoms with Crippen molar-refractivity contribution in [2.75, 3.05) is 47.5 Å². The Morgan fingerprint density at radius 3 is 2.00 bits per heavy atom. The van der Waals surface area contributed by atoms with Crippen LogP contribution in [0.25, 0.3) is 0 Å². The maximum Gasteiger partial charge on any atom is 0.257 e. The fourth-order valence-electron chi connectivity index (χ4n) is 3.94. The predicted molar refractivity (Wildman–Crippen MR) is 126 cm³/mol. The standard InChI is InChI=1S/C25H31N3O6/c1-17(29)26-22(18-5-7-19(32-2)8-6-18)16-24(30)27-11-13-28(14-12-27)25(31)21-10-9-20(33-3)15-23(21)34-4/h5-10,15,22H,11-14,16H2,1-4H3,(H,26,29). The van der Waals surface area contributed by atoms with Crippen LogP contribution < -0.4 is 19.5 Å². The number of nitrogens with zero attached hydrogens (tertiary/aromatic N) is 2. The van der Waals surface area contributed by atoms with Gasteiger partial charge in [0, 0.05) is 39.2 Å². The normalized spacial score (nSPS) is 14.2. The van der Waals surface area contributed by atoms with E-state index in [0.29, 0.717) is 49.0 Å². The molecule has 1 fully saturated rings. The SMILES string of the molecule is COc1ccc(C(CC(=O)N2CCN(C(=O)c3ccc(OC)cc3OC)CC2)NC(C)=O)cc1. The fourth-order valence-corrected chi connectivity index (χ4v) is 3.94. The van der Waals surface area contributed by atoms with Crippen LogP contribution in [-0.4, -0.2) is 75.0 Å². The van der Waals surface area contributed by atoms with Gasteiger partial charge in [-0.2, -0.15) is 0 Å². The van der Waals surface area contributed by atoms with Crippen molar-refractivity contribution in [1.82, 2.24) is 15.1 Å². The summed E-state index contributed by atoms with van der Waals surface area (Å²) < 4.78 is 15.7. The van der Waals surface area contributed by atoms with Crippen molar-refractivity contribution in [3.05, 3.63) is 53.6 Å². The molecule has 34 heavy (non-hydrogen) atoms. The third-order valence-corrected chi connectivity index (χ3v) is 5.83. The molecule has 2 aromatic carbocycles. The van der Waals surface area contributed by atoms with E-state index in [1.165, 1.54) is 14.0 Å². The summed E-state index contributed by atoms with van der Waals surface area (Å²) in [7, 11) is 4.65. The quantitative estimate of drug-likeness (QED) is 0.637. The molecule has 0 saturated carbocycles. The number of benzene rings is 2. The molecule has 1 saturated heterocycles. The lowest BCUT2D eigenvalue weighted by Crippen LogP contribution is -2.51. The molecule has 182 valence electrons. The minimum atomic E-state index is -0.445. The second-order valence-electron chi connectivity index (χ2n) is 7.97. The molecule has 1 heterocycles. The van der Waals surface area contributed by atoms with Gasteiger partial charge >= 0.3 is 0 Å². The van der Waals surface area contributed by atoms with Crippen molar-refractivity contribution in [1.29, 1.82) is 0 Å². The van der Waals surface area contributed by atoms with Crippen LogP contribution in [0.4, 0.5) is 0 Å². The number of nitrogens with one attached hydrogen (secondary N) is 1. The zero-order valence-electron chi connectivity index (χ0n) is 20.0. The van der Waals surface area contributed by atoms with Crippen LogP contribution in [0.3, 0.4) is 0 Å². The molecule has 1 N–H and O–H groups in total. The maximum atomic E-state index is 13.0. The summed E-state index contributed by atoms with van der Waals surface area (Å²) >= 11 is 0. The zero-order chi connectivity index (χ0) is 24.7. The summed E-state index contributed by atoms with van der Waals surface area (Å²) in [6.07, 6.45) is 0.131. The molecule has 1 aliphatic rings. The third-order valence-electron chi connectivity index (χ3n) is 5.83. The van der Waals surface area contributed by atoms with Crippen LogP contribution in [0, 0.1) is 0 Å². The van der Waals surface area contributed by atoms with E-state index in [4.69, 9.17) is 14.2 Å². The van der Waals surface area contributed by atoms with Crippen molar-refractivity contribution >= 4 is 17.7 Å². The second kappa shape index (κ2) is 11.4. The van der Waals surface area contributed by atoms with Crippen molar-refractivity contribution in [3.8, 4) is 17.2 Å². The number of ether oxygens (including phenoxy) is 3. The molecule has 3 amide bonds. The first kappa shape index (κ1) is 24.9. The van der Waals surface area contributed by atoms with E-state index in [9.17, 15) is 14.4 Å². The highest BCUT2D eigenvalue weighted by Gasteiger charge is 2.28. The fraction of sp³-hybridized carbons (Fsp3) is 0.400. The lowest BCUT2D eigenvalue weighted by atomic mass is 10.0. The molecule has 1 unspecified atom stereocenters. The molecule has 0 radical (unpaired) electrons. The Bertz CT molecular complexity index is 1020. The minimum Gasteiger partial charge on any atom is -0.497 e. The molecule has 1 aliphatic heterocycles. The molecule has 1 atom stereocenters. The molecule has 3 rings (SSSR count). The van der Waals surface area contributed by atoms with E-state index in [0.717, 1.165) is 5.56 Å². The number of amides is 3. The highest BCUT2D eigenvalue weighted by molar-refractivity contribution is 5.97. The molecule has 0 spiro atoms. The van der Waals surface area contributed by atoms with Crippen LogP contribution in [-0.2, 0) is 9.59 Å². The Balaban J connectivity index is 1.62. The van der Waals surface area contributed by atoms with E-state index in [-0.39, 0.29) is 24.1 Å². The van der Waals surface area contributed by atoms with Crippen LogP contribution in [0.5, 0.6) is 17.2 Å². The highest BCUT2D eigenvalue weighted by atomic mass is 16.5. The van der Waals surface area contributed by atoms with Gasteiger partial charge in [0.05, 0.1) is 39.4 Å². The summed E-state index contributed by atoms with van der Waals surface area (Å²) in [6.45, 7) is 3.08. The largest absolute Gasteiger partial charge is 0.497 e. The van der Waals surface area contributed by atoms with E-state index >= 15 is 0 Å². The summed E-state index contributed by atoms with van der Waals surface area (Å²) in [5.41, 5.74) is 1.28.